The summed E-state index contributed by atoms with van der Waals surface area (Å²) in [4.78, 5) is 17.8. The maximum atomic E-state index is 9.83. The van der Waals surface area contributed by atoms with Gasteiger partial charge in [-0.25, -0.2) is 0 Å². The Bertz CT molecular complexity index is 3090. The summed E-state index contributed by atoms with van der Waals surface area (Å²) >= 11 is 0. The van der Waals surface area contributed by atoms with E-state index in [9.17, 15) is 5.26 Å². The Balaban J connectivity index is 0.00000427. The first-order valence-corrected chi connectivity index (χ1v) is 17.8. The molecule has 0 bridgehead atoms. The molecule has 0 aliphatic carbocycles. The molecule has 8 nitrogen and oxygen atoms in total. The average molecular weight is 894 g/mol. The van der Waals surface area contributed by atoms with Crippen LogP contribution in [0.15, 0.2) is 94.2 Å². The van der Waals surface area contributed by atoms with Crippen molar-refractivity contribution < 1.29 is 28.9 Å². The molecule has 0 atom stereocenters. The van der Waals surface area contributed by atoms with E-state index in [2.05, 4.69) is 87.8 Å². The predicted octanol–water partition coefficient (Wildman–Crippen LogP) is 12.0. The van der Waals surface area contributed by atoms with Crippen LogP contribution in [0.3, 0.4) is 0 Å². The number of aromatic nitrogens is 4. The summed E-state index contributed by atoms with van der Waals surface area (Å²) in [5.74, 6) is 0.958. The minimum Gasteiger partial charge on any atom is -0.454 e. The van der Waals surface area contributed by atoms with Gasteiger partial charge in [-0.3, -0.25) is 19.8 Å². The van der Waals surface area contributed by atoms with E-state index in [-0.39, 0.29) is 20.1 Å². The van der Waals surface area contributed by atoms with Gasteiger partial charge in [0.25, 0.3) is 0 Å². The zero-order chi connectivity index (χ0) is 37.4. The van der Waals surface area contributed by atoms with Crippen molar-refractivity contribution in [3.8, 4) is 45.4 Å². The Morgan fingerprint density at radius 3 is 2.02 bits per heavy atom. The fourth-order valence-electron chi connectivity index (χ4n) is 7.81. The predicted molar refractivity (Wildman–Crippen MR) is 213 cm³/mol. The molecule has 0 saturated heterocycles. The van der Waals surface area contributed by atoms with Gasteiger partial charge in [0.2, 0.25) is 0 Å². The SMILES string of the molecule is [C-]#[N+]c1cc[c-]c(-c2nc(C#N)cn2-c2c(C)c(C)c(-c3ccc4oc5c(-c6ccnc7c6oc6ccc(C(C)C)cc67)ccnc5c4c3)c(C)c2C)c1.[Ir]. The molecule has 0 spiro atoms. The molecule has 4 aromatic carbocycles. The molecule has 9 rings (SSSR count). The van der Waals surface area contributed by atoms with E-state index in [1.165, 1.54) is 5.56 Å². The molecule has 5 aromatic heterocycles. The first-order chi connectivity index (χ1) is 26.2. The molecule has 5 heterocycles. The van der Waals surface area contributed by atoms with Gasteiger partial charge in [-0.05, 0) is 109 Å². The monoisotopic (exact) mass is 894 g/mol. The molecule has 55 heavy (non-hydrogen) atoms. The zero-order valence-corrected chi connectivity index (χ0v) is 33.4. The number of pyridine rings is 2. The Kier molecular flexibility index (Phi) is 8.74. The standard InChI is InChI=1S/C46H33N6O2.Ir/c1-24(2)29-11-13-38-36(20-29)41-44(53-38)34(15-17-49-41)35-16-18-50-42-37-21-30(12-14-39(37)54-45(35)42)40-25(3)27(5)43(28(6)26(40)4)52-23-33(22-47)51-46(52)31-9-8-10-32(19-31)48-7;/h8,10-21,23-24H,1-6H3;/q-1;. The molecule has 1 radical (unpaired) electrons. The van der Waals surface area contributed by atoms with Gasteiger partial charge in [0.1, 0.15) is 39.6 Å². The summed E-state index contributed by atoms with van der Waals surface area (Å²) in [5, 5.41) is 11.8. The van der Waals surface area contributed by atoms with Crippen molar-refractivity contribution in [1.29, 1.82) is 5.26 Å². The first-order valence-electron chi connectivity index (χ1n) is 17.8. The summed E-state index contributed by atoms with van der Waals surface area (Å²) in [7, 11) is 0. The number of rotatable bonds is 5. The van der Waals surface area contributed by atoms with E-state index in [1.807, 2.05) is 41.2 Å². The van der Waals surface area contributed by atoms with E-state index in [0.717, 1.165) is 88.7 Å². The zero-order valence-electron chi connectivity index (χ0n) is 31.0. The number of imidazole rings is 1. The van der Waals surface area contributed by atoms with Gasteiger partial charge in [0, 0.05) is 66.3 Å². The van der Waals surface area contributed by atoms with Crippen molar-refractivity contribution in [2.24, 2.45) is 0 Å². The van der Waals surface area contributed by atoms with E-state index in [4.69, 9.17) is 25.4 Å². The molecular weight excluding hydrogens is 861 g/mol. The van der Waals surface area contributed by atoms with E-state index < -0.39 is 0 Å². The number of fused-ring (bicyclic) bond motifs is 6. The molecule has 269 valence electrons. The third-order valence-electron chi connectivity index (χ3n) is 10.8. The van der Waals surface area contributed by atoms with Gasteiger partial charge in [0.05, 0.1) is 12.4 Å². The Labute approximate surface area is 331 Å². The molecule has 9 aromatic rings. The third-order valence-corrected chi connectivity index (χ3v) is 10.8. The molecule has 0 saturated carbocycles. The van der Waals surface area contributed by atoms with Gasteiger partial charge in [-0.2, -0.15) is 11.3 Å². The molecule has 0 fully saturated rings. The first kappa shape index (κ1) is 35.6. The van der Waals surface area contributed by atoms with Crippen LogP contribution in [0.4, 0.5) is 5.69 Å². The summed E-state index contributed by atoms with van der Waals surface area (Å²) in [6.07, 6.45) is 5.42. The Hall–Kier alpha value is -6.38. The molecule has 0 N–H and O–H groups in total. The largest absolute Gasteiger partial charge is 0.454 e. The van der Waals surface area contributed by atoms with Crippen LogP contribution in [0.25, 0.3) is 88.3 Å². The van der Waals surface area contributed by atoms with Crippen LogP contribution < -0.4 is 0 Å². The van der Waals surface area contributed by atoms with Crippen molar-refractivity contribution in [3.63, 3.8) is 0 Å². The summed E-state index contributed by atoms with van der Waals surface area (Å²) < 4.78 is 15.0. The second-order valence-corrected chi connectivity index (χ2v) is 14.1. The summed E-state index contributed by atoms with van der Waals surface area (Å²) in [6, 6.07) is 27.2. The molecule has 0 aliphatic heterocycles. The van der Waals surface area contributed by atoms with Crippen molar-refractivity contribution in [2.75, 3.05) is 0 Å². The summed E-state index contributed by atoms with van der Waals surface area (Å²) in [5.41, 5.74) is 16.5. The van der Waals surface area contributed by atoms with E-state index in [1.54, 1.807) is 24.4 Å². The number of hydrogen-bond donors (Lipinski definition) is 0. The number of nitrogens with zero attached hydrogens (tertiary/aromatic N) is 6. The molecule has 0 aliphatic rings. The van der Waals surface area contributed by atoms with Crippen LogP contribution in [-0.2, 0) is 20.1 Å². The fraction of sp³-hybridized carbons (Fsp3) is 0.152. The van der Waals surface area contributed by atoms with E-state index >= 15 is 0 Å². The van der Waals surface area contributed by atoms with Crippen molar-refractivity contribution in [3.05, 3.63) is 136 Å². The van der Waals surface area contributed by atoms with Gasteiger partial charge in [-0.1, -0.05) is 26.0 Å². The van der Waals surface area contributed by atoms with Crippen molar-refractivity contribution in [1.82, 2.24) is 19.5 Å². The topological polar surface area (TPSA) is 98.0 Å². The van der Waals surface area contributed by atoms with Gasteiger partial charge < -0.3 is 13.4 Å². The van der Waals surface area contributed by atoms with Crippen molar-refractivity contribution >= 4 is 49.8 Å². The number of furan rings is 2. The van der Waals surface area contributed by atoms with Crippen LogP contribution in [0.2, 0.25) is 0 Å². The van der Waals surface area contributed by atoms with Gasteiger partial charge in [0.15, 0.2) is 11.2 Å². The minimum atomic E-state index is 0. The van der Waals surface area contributed by atoms with Crippen molar-refractivity contribution in [2.45, 2.75) is 47.5 Å². The van der Waals surface area contributed by atoms with Crippen LogP contribution in [0.1, 0.15) is 53.3 Å². The molecular formula is C46H33IrN6O2-. The fourth-order valence-corrected chi connectivity index (χ4v) is 7.81. The summed E-state index contributed by atoms with van der Waals surface area (Å²) in [6.45, 7) is 20.4. The van der Waals surface area contributed by atoms with Crippen LogP contribution >= 0.6 is 0 Å². The van der Waals surface area contributed by atoms with Crippen LogP contribution in [0.5, 0.6) is 0 Å². The average Bonchev–Trinajstić information content (AvgIpc) is 3.90. The Morgan fingerprint density at radius 2 is 1.42 bits per heavy atom. The normalized spacial score (nSPS) is 11.4. The molecule has 0 amide bonds. The number of hydrogen-bond acceptors (Lipinski definition) is 6. The second kappa shape index (κ2) is 13.5. The quantitative estimate of drug-likeness (QED) is 0.160. The molecule has 0 unspecified atom stereocenters. The molecule has 9 heteroatoms. The number of benzene rings is 4. The van der Waals surface area contributed by atoms with E-state index in [0.29, 0.717) is 34.3 Å². The van der Waals surface area contributed by atoms with Crippen LogP contribution in [0, 0.1) is 51.7 Å². The van der Waals surface area contributed by atoms with Gasteiger partial charge >= 0.3 is 0 Å². The maximum absolute atomic E-state index is 9.83. The minimum absolute atomic E-state index is 0. The third kappa shape index (κ3) is 5.55. The maximum Gasteiger partial charge on any atom is 0.161 e. The van der Waals surface area contributed by atoms with Crippen LogP contribution in [-0.4, -0.2) is 19.5 Å². The van der Waals surface area contributed by atoms with Gasteiger partial charge in [-0.15, -0.1) is 23.8 Å². The second-order valence-electron chi connectivity index (χ2n) is 14.1. The number of nitriles is 1. The smallest absolute Gasteiger partial charge is 0.161 e. The Morgan fingerprint density at radius 1 is 0.800 bits per heavy atom.